The summed E-state index contributed by atoms with van der Waals surface area (Å²) >= 11 is 0. The van der Waals surface area contributed by atoms with Gasteiger partial charge in [-0.1, -0.05) is 108 Å². The molecule has 0 atom stereocenters. The molecule has 0 aliphatic heterocycles. The van der Waals surface area contributed by atoms with Crippen LogP contribution >= 0.6 is 0 Å². The highest BCUT2D eigenvalue weighted by molar-refractivity contribution is 5.81. The van der Waals surface area contributed by atoms with Crippen LogP contribution in [0.15, 0.2) is 36.4 Å². The third-order valence-electron chi connectivity index (χ3n) is 6.83. The van der Waals surface area contributed by atoms with E-state index in [0.717, 1.165) is 11.1 Å². The summed E-state index contributed by atoms with van der Waals surface area (Å²) in [4.78, 5) is 0. The van der Waals surface area contributed by atoms with E-state index < -0.39 is 0 Å². The summed E-state index contributed by atoms with van der Waals surface area (Å²) in [5.74, 6) is 6.05. The molecular weight excluding hydrogens is 372 g/mol. The number of hydrogen-bond acceptors (Lipinski definition) is 0. The number of rotatable bonds is 13. The van der Waals surface area contributed by atoms with E-state index in [1.807, 2.05) is 0 Å². The second-order valence-corrected chi connectivity index (χ2v) is 9.12. The fourth-order valence-electron chi connectivity index (χ4n) is 5.03. The van der Waals surface area contributed by atoms with Gasteiger partial charge in [-0.25, -0.2) is 0 Å². The molecule has 0 N–H and O–H groups in total. The molecule has 162 valence electrons. The number of benzene rings is 2. The van der Waals surface area contributed by atoms with Crippen molar-refractivity contribution in [3.63, 3.8) is 0 Å². The zero-order valence-corrected chi connectivity index (χ0v) is 19.4. The van der Waals surface area contributed by atoms with E-state index in [4.69, 9.17) is 12.8 Å². The van der Waals surface area contributed by atoms with Crippen molar-refractivity contribution in [3.8, 4) is 35.8 Å². The van der Waals surface area contributed by atoms with Gasteiger partial charge < -0.3 is 0 Å². The zero-order chi connectivity index (χ0) is 21.9. The summed E-state index contributed by atoms with van der Waals surface area (Å²) in [5, 5.41) is 0. The minimum atomic E-state index is 0.478. The summed E-state index contributed by atoms with van der Waals surface area (Å²) in [5.41, 5.74) is 7.30. The van der Waals surface area contributed by atoms with Crippen LogP contribution in [-0.4, -0.2) is 0 Å². The van der Waals surface area contributed by atoms with E-state index in [1.54, 1.807) is 0 Å². The third-order valence-corrected chi connectivity index (χ3v) is 6.83. The molecule has 0 heterocycles. The minimum absolute atomic E-state index is 0.478. The van der Waals surface area contributed by atoms with Crippen LogP contribution in [0.25, 0.3) is 11.1 Å². The van der Waals surface area contributed by atoms with Crippen molar-refractivity contribution in [2.75, 3.05) is 0 Å². The molecule has 0 saturated heterocycles. The molecule has 0 spiro atoms. The molecule has 3 rings (SSSR count). The largest absolute Gasteiger partial charge is 0.115 e. The monoisotopic (exact) mass is 410 g/mol. The van der Waals surface area contributed by atoms with Gasteiger partial charge >= 0.3 is 0 Å². The second kappa shape index (κ2) is 12.4. The molecular formula is C31H38. The smallest absolute Gasteiger partial charge is 0.0248 e. The van der Waals surface area contributed by atoms with E-state index in [1.165, 1.54) is 106 Å². The van der Waals surface area contributed by atoms with E-state index in [0.29, 0.717) is 5.92 Å². The highest BCUT2D eigenvalue weighted by Gasteiger charge is 2.28. The Morgan fingerprint density at radius 3 is 1.45 bits per heavy atom. The molecule has 0 heteroatoms. The minimum Gasteiger partial charge on any atom is -0.115 e. The van der Waals surface area contributed by atoms with Crippen LogP contribution in [0.4, 0.5) is 0 Å². The normalized spacial score (nSPS) is 12.2. The molecule has 0 saturated carbocycles. The first-order valence-corrected chi connectivity index (χ1v) is 12.5. The maximum atomic E-state index is 5.66. The standard InChI is InChI=1S/C31H38/c1-4-7-8-9-10-11-12-13-14-15-16-17-18-27-28-21-19-25(5-2)23-30(28)31-24-26(6-3)20-22-29(27)31/h2-3,19-24,27H,4,7-18H2,1H3. The molecule has 0 nitrogen and oxygen atoms in total. The van der Waals surface area contributed by atoms with Crippen molar-refractivity contribution in [1.29, 1.82) is 0 Å². The van der Waals surface area contributed by atoms with Crippen LogP contribution in [0.5, 0.6) is 0 Å². The maximum Gasteiger partial charge on any atom is 0.0248 e. The Hall–Kier alpha value is -2.44. The molecule has 1 aliphatic rings. The fourth-order valence-corrected chi connectivity index (χ4v) is 5.03. The van der Waals surface area contributed by atoms with Crippen molar-refractivity contribution >= 4 is 0 Å². The average molecular weight is 411 g/mol. The zero-order valence-electron chi connectivity index (χ0n) is 19.4. The lowest BCUT2D eigenvalue weighted by atomic mass is 9.90. The van der Waals surface area contributed by atoms with Crippen molar-refractivity contribution in [3.05, 3.63) is 58.7 Å². The van der Waals surface area contributed by atoms with Gasteiger partial charge in [0.15, 0.2) is 0 Å². The van der Waals surface area contributed by atoms with Gasteiger partial charge in [-0.05, 0) is 52.9 Å². The van der Waals surface area contributed by atoms with Crippen molar-refractivity contribution in [2.24, 2.45) is 0 Å². The van der Waals surface area contributed by atoms with Gasteiger partial charge in [0.1, 0.15) is 0 Å². The summed E-state index contributed by atoms with van der Waals surface area (Å²) in [6, 6.07) is 13.0. The van der Waals surface area contributed by atoms with Crippen molar-refractivity contribution in [1.82, 2.24) is 0 Å². The van der Waals surface area contributed by atoms with Gasteiger partial charge in [-0.15, -0.1) is 12.8 Å². The van der Waals surface area contributed by atoms with Crippen molar-refractivity contribution < 1.29 is 0 Å². The lowest BCUT2D eigenvalue weighted by molar-refractivity contribution is 0.534. The highest BCUT2D eigenvalue weighted by Crippen LogP contribution is 2.47. The van der Waals surface area contributed by atoms with Gasteiger partial charge in [0.2, 0.25) is 0 Å². The number of fused-ring (bicyclic) bond motifs is 3. The molecule has 2 aromatic rings. The SMILES string of the molecule is C#Cc1ccc2c(c1)-c1cc(C#C)ccc1C2CCCCCCCCCCCCCC. The summed E-state index contributed by atoms with van der Waals surface area (Å²) in [6.07, 6.45) is 29.2. The predicted octanol–water partition coefficient (Wildman–Crippen LogP) is 8.85. The lowest BCUT2D eigenvalue weighted by Crippen LogP contribution is -1.97. The Morgan fingerprint density at radius 1 is 0.613 bits per heavy atom. The maximum absolute atomic E-state index is 5.66. The van der Waals surface area contributed by atoms with Gasteiger partial charge in [0.05, 0.1) is 0 Å². The summed E-state index contributed by atoms with van der Waals surface area (Å²) in [6.45, 7) is 2.29. The fraction of sp³-hybridized carbons (Fsp3) is 0.484. The van der Waals surface area contributed by atoms with Crippen LogP contribution in [0.1, 0.15) is 119 Å². The number of terminal acetylenes is 2. The van der Waals surface area contributed by atoms with E-state index in [9.17, 15) is 0 Å². The molecule has 0 fully saturated rings. The Bertz CT molecular complexity index is 855. The molecule has 0 radical (unpaired) electrons. The van der Waals surface area contributed by atoms with Crippen LogP contribution in [0.3, 0.4) is 0 Å². The third kappa shape index (κ3) is 6.28. The summed E-state index contributed by atoms with van der Waals surface area (Å²) < 4.78 is 0. The van der Waals surface area contributed by atoms with E-state index >= 15 is 0 Å². The molecule has 0 aromatic heterocycles. The molecule has 31 heavy (non-hydrogen) atoms. The lowest BCUT2D eigenvalue weighted by Gasteiger charge is -2.14. The van der Waals surface area contributed by atoms with Crippen LogP contribution in [-0.2, 0) is 0 Å². The van der Waals surface area contributed by atoms with E-state index in [2.05, 4.69) is 55.2 Å². The first-order chi connectivity index (χ1) is 15.3. The van der Waals surface area contributed by atoms with E-state index in [-0.39, 0.29) is 0 Å². The number of unbranched alkanes of at least 4 members (excludes halogenated alkanes) is 11. The van der Waals surface area contributed by atoms with Gasteiger partial charge in [0.25, 0.3) is 0 Å². The molecule has 2 aromatic carbocycles. The quantitative estimate of drug-likeness (QED) is 0.228. The second-order valence-electron chi connectivity index (χ2n) is 9.12. The van der Waals surface area contributed by atoms with Gasteiger partial charge in [0, 0.05) is 17.0 Å². The Labute approximate surface area is 190 Å². The number of hydrogen-bond donors (Lipinski definition) is 0. The Morgan fingerprint density at radius 2 is 1.03 bits per heavy atom. The first kappa shape index (κ1) is 23.2. The van der Waals surface area contributed by atoms with Gasteiger partial charge in [-0.3, -0.25) is 0 Å². The Balaban J connectivity index is 1.45. The molecule has 0 amide bonds. The van der Waals surface area contributed by atoms with Crippen LogP contribution in [0, 0.1) is 24.7 Å². The predicted molar refractivity (Wildman–Crippen MR) is 135 cm³/mol. The topological polar surface area (TPSA) is 0 Å². The van der Waals surface area contributed by atoms with Gasteiger partial charge in [-0.2, -0.15) is 0 Å². The van der Waals surface area contributed by atoms with Crippen molar-refractivity contribution in [2.45, 2.75) is 96.3 Å². The van der Waals surface area contributed by atoms with Crippen LogP contribution < -0.4 is 0 Å². The van der Waals surface area contributed by atoms with Crippen LogP contribution in [0.2, 0.25) is 0 Å². The highest BCUT2D eigenvalue weighted by atomic mass is 14.3. The Kier molecular flexibility index (Phi) is 9.31. The first-order valence-electron chi connectivity index (χ1n) is 12.5. The average Bonchev–Trinajstić information content (AvgIpc) is 3.11. The molecule has 0 bridgehead atoms. The summed E-state index contributed by atoms with van der Waals surface area (Å²) in [7, 11) is 0. The molecule has 1 aliphatic carbocycles. The molecule has 0 unspecified atom stereocenters.